The summed E-state index contributed by atoms with van der Waals surface area (Å²) in [5.41, 5.74) is 6.06. The fraction of sp³-hybridized carbons (Fsp3) is 0.333. The lowest BCUT2D eigenvalue weighted by molar-refractivity contribution is 0.273. The molecule has 0 fully saturated rings. The van der Waals surface area contributed by atoms with Crippen LogP contribution in [-0.2, 0) is 13.0 Å². The lowest BCUT2D eigenvalue weighted by atomic mass is 9.80. The second-order valence-electron chi connectivity index (χ2n) is 11.2. The molecule has 0 saturated heterocycles. The van der Waals surface area contributed by atoms with Gasteiger partial charge in [-0.25, -0.2) is 18.8 Å². The molecule has 6 rings (SSSR count). The molecule has 0 bridgehead atoms. The van der Waals surface area contributed by atoms with Gasteiger partial charge in [-0.15, -0.1) is 0 Å². The number of nitrogens with zero attached hydrogens (tertiary/aromatic N) is 3. The number of aromatic nitrogens is 2. The quantitative estimate of drug-likeness (QED) is 0.294. The third-order valence-corrected chi connectivity index (χ3v) is 8.12. The molecule has 0 spiro atoms. The van der Waals surface area contributed by atoms with Gasteiger partial charge in [0.1, 0.15) is 24.0 Å². The van der Waals surface area contributed by atoms with Crippen LogP contribution < -0.4 is 4.74 Å². The summed E-state index contributed by atoms with van der Waals surface area (Å²) in [4.78, 5) is 15.1. The van der Waals surface area contributed by atoms with Crippen LogP contribution in [0, 0.1) is 36.3 Å². The van der Waals surface area contributed by atoms with Gasteiger partial charge in [0.25, 0.3) is 0 Å². The van der Waals surface area contributed by atoms with Crippen molar-refractivity contribution in [3.63, 3.8) is 0 Å². The number of aliphatic imine (C=N–C) groups is 1. The molecule has 0 aliphatic carbocycles. The molecule has 3 atom stereocenters. The highest BCUT2D eigenvalue weighted by Crippen LogP contribution is 2.34. The number of ether oxygens (including phenoxy) is 1. The summed E-state index contributed by atoms with van der Waals surface area (Å²) in [7, 11) is 0. The second-order valence-corrected chi connectivity index (χ2v) is 11.2. The van der Waals surface area contributed by atoms with Crippen molar-refractivity contribution < 1.29 is 13.5 Å². The lowest BCUT2D eigenvalue weighted by Crippen LogP contribution is -2.41. The minimum absolute atomic E-state index is 0.0491. The van der Waals surface area contributed by atoms with Crippen molar-refractivity contribution in [1.29, 1.82) is 0 Å². The van der Waals surface area contributed by atoms with E-state index < -0.39 is 11.6 Å². The van der Waals surface area contributed by atoms with Crippen LogP contribution >= 0.6 is 0 Å². The van der Waals surface area contributed by atoms with Crippen LogP contribution in [-0.4, -0.2) is 33.9 Å². The van der Waals surface area contributed by atoms with Gasteiger partial charge in [0.15, 0.2) is 11.6 Å². The number of H-pyrrole nitrogens is 1. The Balaban J connectivity index is 1.34. The summed E-state index contributed by atoms with van der Waals surface area (Å²) >= 11 is 0. The highest BCUT2D eigenvalue weighted by Gasteiger charge is 2.31. The van der Waals surface area contributed by atoms with Crippen molar-refractivity contribution in [1.82, 2.24) is 14.9 Å². The van der Waals surface area contributed by atoms with E-state index >= 15 is 0 Å². The molecule has 3 unspecified atom stereocenters. The Morgan fingerprint density at radius 1 is 1.00 bits per heavy atom. The zero-order valence-electron chi connectivity index (χ0n) is 23.1. The van der Waals surface area contributed by atoms with Crippen LogP contribution in [0.1, 0.15) is 37.2 Å². The molecule has 2 aliphatic rings. The first-order valence-electron chi connectivity index (χ1n) is 14.0. The molecule has 0 amide bonds. The number of allylic oxidation sites excluding steroid dienone is 1. The molecule has 1 N–H and O–H groups in total. The molecular formula is C33H34F2N4O. The fourth-order valence-electron chi connectivity index (χ4n) is 6.06. The van der Waals surface area contributed by atoms with E-state index in [9.17, 15) is 8.78 Å². The summed E-state index contributed by atoms with van der Waals surface area (Å²) in [6.45, 7) is 8.27. The summed E-state index contributed by atoms with van der Waals surface area (Å²) in [5, 5.41) is 0. The standard InChI is InChI=1S/C33H34F2N4O/c1-20-10-11-36-33(27(21(2)14-20)15-23-4-7-28(34)29(35)16-23)39-12-13-40-32-9-6-24(17-26(32)19-39)25-5-8-30-31(18-25)38-22(3)37-30/h4-11,16-18,20-21,27H,12-15,19H2,1-3H3,(H,37,38). The summed E-state index contributed by atoms with van der Waals surface area (Å²) < 4.78 is 34.0. The predicted octanol–water partition coefficient (Wildman–Crippen LogP) is 7.46. The smallest absolute Gasteiger partial charge is 0.159 e. The molecule has 3 heterocycles. The Bertz CT molecular complexity index is 1610. The Kier molecular flexibility index (Phi) is 7.13. The van der Waals surface area contributed by atoms with Crippen molar-refractivity contribution >= 4 is 16.9 Å². The lowest BCUT2D eigenvalue weighted by Gasteiger charge is -2.35. The monoisotopic (exact) mass is 540 g/mol. The molecule has 40 heavy (non-hydrogen) atoms. The molecule has 7 heteroatoms. The van der Waals surface area contributed by atoms with Gasteiger partial charge in [-0.2, -0.15) is 0 Å². The predicted molar refractivity (Wildman–Crippen MR) is 155 cm³/mol. The average Bonchev–Trinajstić information content (AvgIpc) is 3.17. The molecule has 5 nitrogen and oxygen atoms in total. The third-order valence-electron chi connectivity index (χ3n) is 8.12. The van der Waals surface area contributed by atoms with Crippen molar-refractivity contribution in [3.05, 3.63) is 95.5 Å². The van der Waals surface area contributed by atoms with Gasteiger partial charge in [0.2, 0.25) is 0 Å². The van der Waals surface area contributed by atoms with Gasteiger partial charge in [-0.05, 0) is 84.7 Å². The van der Waals surface area contributed by atoms with E-state index in [0.29, 0.717) is 38.0 Å². The van der Waals surface area contributed by atoms with Crippen LogP contribution in [0.2, 0.25) is 0 Å². The number of halogens is 2. The van der Waals surface area contributed by atoms with Crippen LogP contribution in [0.3, 0.4) is 0 Å². The van der Waals surface area contributed by atoms with E-state index in [4.69, 9.17) is 9.73 Å². The second kappa shape index (κ2) is 10.9. The Hall–Kier alpha value is -4.00. The first-order valence-corrected chi connectivity index (χ1v) is 14.0. The summed E-state index contributed by atoms with van der Waals surface area (Å²) in [6.07, 6.45) is 5.64. The zero-order chi connectivity index (χ0) is 27.8. The molecular weight excluding hydrogens is 506 g/mol. The first kappa shape index (κ1) is 26.2. The zero-order valence-corrected chi connectivity index (χ0v) is 23.1. The van der Waals surface area contributed by atoms with Crippen molar-refractivity contribution in [2.45, 2.75) is 40.2 Å². The van der Waals surface area contributed by atoms with Gasteiger partial charge >= 0.3 is 0 Å². The summed E-state index contributed by atoms with van der Waals surface area (Å²) in [5.74, 6) is 1.85. The fourth-order valence-corrected chi connectivity index (χ4v) is 6.06. The number of hydrogen-bond donors (Lipinski definition) is 1. The third kappa shape index (κ3) is 5.37. The maximum Gasteiger partial charge on any atom is 0.159 e. The molecule has 0 radical (unpaired) electrons. The number of aromatic amines is 1. The minimum Gasteiger partial charge on any atom is -0.491 e. The number of rotatable bonds is 3. The van der Waals surface area contributed by atoms with Crippen molar-refractivity contribution in [2.75, 3.05) is 13.2 Å². The highest BCUT2D eigenvalue weighted by molar-refractivity contribution is 5.86. The molecule has 4 aromatic rings. The van der Waals surface area contributed by atoms with Gasteiger partial charge in [0.05, 0.1) is 17.6 Å². The first-order chi connectivity index (χ1) is 19.3. The number of nitrogens with one attached hydrogen (secondary N) is 1. The topological polar surface area (TPSA) is 53.5 Å². The Labute approximate surface area is 233 Å². The maximum atomic E-state index is 14.1. The number of fused-ring (bicyclic) bond motifs is 2. The number of amidine groups is 1. The highest BCUT2D eigenvalue weighted by atomic mass is 19.2. The Morgan fingerprint density at radius 3 is 2.67 bits per heavy atom. The minimum atomic E-state index is -0.821. The van der Waals surface area contributed by atoms with Crippen LogP contribution in [0.4, 0.5) is 8.78 Å². The van der Waals surface area contributed by atoms with E-state index in [2.05, 4.69) is 65.1 Å². The van der Waals surface area contributed by atoms with E-state index in [1.165, 1.54) is 12.1 Å². The van der Waals surface area contributed by atoms with Crippen LogP contribution in [0.15, 0.2) is 71.9 Å². The van der Waals surface area contributed by atoms with Gasteiger partial charge in [-0.3, -0.25) is 0 Å². The number of imidazole rings is 1. The van der Waals surface area contributed by atoms with Crippen molar-refractivity contribution in [2.24, 2.45) is 22.7 Å². The van der Waals surface area contributed by atoms with Gasteiger partial charge in [-0.1, -0.05) is 38.1 Å². The average molecular weight is 541 g/mol. The molecule has 206 valence electrons. The van der Waals surface area contributed by atoms with E-state index in [-0.39, 0.29) is 5.92 Å². The van der Waals surface area contributed by atoms with E-state index in [1.807, 2.05) is 19.2 Å². The van der Waals surface area contributed by atoms with Crippen LogP contribution in [0.25, 0.3) is 22.2 Å². The Morgan fingerprint density at radius 2 is 1.82 bits per heavy atom. The van der Waals surface area contributed by atoms with E-state index in [0.717, 1.165) is 57.1 Å². The van der Waals surface area contributed by atoms with E-state index in [1.54, 1.807) is 6.07 Å². The van der Waals surface area contributed by atoms with Crippen LogP contribution in [0.5, 0.6) is 5.75 Å². The largest absolute Gasteiger partial charge is 0.491 e. The van der Waals surface area contributed by atoms with Gasteiger partial charge < -0.3 is 14.6 Å². The molecule has 3 aromatic carbocycles. The number of benzene rings is 3. The molecule has 2 aliphatic heterocycles. The molecule has 0 saturated carbocycles. The normalized spacial score (nSPS) is 21.3. The summed E-state index contributed by atoms with van der Waals surface area (Å²) in [6, 6.07) is 16.9. The maximum absolute atomic E-state index is 14.1. The SMILES string of the molecule is Cc1nc2ccc(-c3ccc4c(c3)CN(C3=NC=CC(C)CC(C)C3Cc3ccc(F)c(F)c3)CCO4)cc2[nH]1. The number of hydrogen-bond acceptors (Lipinski definition) is 4. The molecule has 1 aromatic heterocycles. The number of aryl methyl sites for hydroxylation is 1. The van der Waals surface area contributed by atoms with Crippen molar-refractivity contribution in [3.8, 4) is 16.9 Å². The van der Waals surface area contributed by atoms with Gasteiger partial charge in [0, 0.05) is 24.2 Å².